The average molecular weight is 418 g/mol. The number of hydrogen-bond acceptors (Lipinski definition) is 4. The molecule has 30 heavy (non-hydrogen) atoms. The van der Waals surface area contributed by atoms with Crippen LogP contribution < -0.4 is 15.0 Å². The molecular weight excluding hydrogens is 382 g/mol. The lowest BCUT2D eigenvalue weighted by Crippen LogP contribution is -2.52. The summed E-state index contributed by atoms with van der Waals surface area (Å²) in [6.45, 7) is 9.13. The normalized spacial score (nSPS) is 19.4. The largest absolute Gasteiger partial charge is 0.486 e. The molecule has 3 rings (SSSR count). The molecule has 0 bridgehead atoms. The number of urea groups is 1. The molecule has 7 heteroatoms. The van der Waals surface area contributed by atoms with Gasteiger partial charge in [-0.3, -0.25) is 9.69 Å². The molecule has 1 atom stereocenters. The molecule has 0 aromatic heterocycles. The van der Waals surface area contributed by atoms with Crippen LogP contribution in [0.1, 0.15) is 46.5 Å². The minimum Gasteiger partial charge on any atom is -0.486 e. The zero-order chi connectivity index (χ0) is 21.5. The second-order valence-electron chi connectivity index (χ2n) is 8.33. The predicted octanol–water partition coefficient (Wildman–Crippen LogP) is 3.43. The van der Waals surface area contributed by atoms with Crippen molar-refractivity contribution in [2.24, 2.45) is 5.92 Å². The van der Waals surface area contributed by atoms with Crippen molar-refractivity contribution in [1.82, 2.24) is 10.2 Å². The summed E-state index contributed by atoms with van der Waals surface area (Å²) in [6.07, 6.45) is 3.28. The number of carbonyl (C=O) groups is 2. The summed E-state index contributed by atoms with van der Waals surface area (Å²) in [7, 11) is 0. The van der Waals surface area contributed by atoms with E-state index in [0.29, 0.717) is 45.6 Å². The van der Waals surface area contributed by atoms with E-state index in [1.165, 1.54) is 0 Å². The van der Waals surface area contributed by atoms with Gasteiger partial charge >= 0.3 is 6.03 Å². The average Bonchev–Trinajstić information content (AvgIpc) is 2.77. The quantitative estimate of drug-likeness (QED) is 0.690. The summed E-state index contributed by atoms with van der Waals surface area (Å²) >= 11 is 0. The number of fused-ring (bicyclic) bond motifs is 1. The number of anilines is 1. The maximum atomic E-state index is 13.2. The molecule has 1 fully saturated rings. The number of piperidine rings is 1. The van der Waals surface area contributed by atoms with Gasteiger partial charge in [0.2, 0.25) is 5.91 Å². The Morgan fingerprint density at radius 3 is 2.67 bits per heavy atom. The summed E-state index contributed by atoms with van der Waals surface area (Å²) in [4.78, 5) is 29.4. The van der Waals surface area contributed by atoms with Gasteiger partial charge < -0.3 is 19.7 Å². The van der Waals surface area contributed by atoms with E-state index < -0.39 is 0 Å². The molecule has 1 aromatic rings. The number of benzene rings is 1. The van der Waals surface area contributed by atoms with Crippen molar-refractivity contribution in [3.8, 4) is 5.75 Å². The monoisotopic (exact) mass is 417 g/mol. The Balaban J connectivity index is 1.49. The van der Waals surface area contributed by atoms with E-state index in [1.807, 2.05) is 47.9 Å². The van der Waals surface area contributed by atoms with Gasteiger partial charge in [-0.25, -0.2) is 4.79 Å². The first-order chi connectivity index (χ1) is 14.5. The molecule has 2 aliphatic heterocycles. The summed E-state index contributed by atoms with van der Waals surface area (Å²) in [5.74, 6) is 0.828. The van der Waals surface area contributed by atoms with Crippen molar-refractivity contribution in [3.63, 3.8) is 0 Å². The van der Waals surface area contributed by atoms with Gasteiger partial charge in [0.1, 0.15) is 11.9 Å². The Kier molecular flexibility index (Phi) is 7.96. The van der Waals surface area contributed by atoms with Crippen LogP contribution in [0.5, 0.6) is 5.75 Å². The zero-order valence-corrected chi connectivity index (χ0v) is 18.4. The van der Waals surface area contributed by atoms with Gasteiger partial charge in [-0.05, 0) is 51.7 Å². The Hall–Kier alpha value is -2.28. The van der Waals surface area contributed by atoms with Gasteiger partial charge in [-0.15, -0.1) is 0 Å². The molecular formula is C23H35N3O4. The van der Waals surface area contributed by atoms with Crippen molar-refractivity contribution in [3.05, 3.63) is 24.3 Å². The SMILES string of the molecule is CCC1CN(C(=O)N2CCC(C(=O)NCCCOC(C)C)CC2)c2ccccc2O1. The molecule has 2 heterocycles. The Morgan fingerprint density at radius 2 is 1.97 bits per heavy atom. The molecule has 1 aromatic carbocycles. The number of nitrogens with one attached hydrogen (secondary N) is 1. The van der Waals surface area contributed by atoms with Gasteiger partial charge in [-0.2, -0.15) is 0 Å². The number of nitrogens with zero attached hydrogens (tertiary/aromatic N) is 2. The van der Waals surface area contributed by atoms with Gasteiger partial charge in [0.05, 0.1) is 18.3 Å². The highest BCUT2D eigenvalue weighted by molar-refractivity contribution is 5.94. The third-order valence-electron chi connectivity index (χ3n) is 5.73. The van der Waals surface area contributed by atoms with Crippen LogP contribution in [0, 0.1) is 5.92 Å². The van der Waals surface area contributed by atoms with Crippen LogP contribution in [0.4, 0.5) is 10.5 Å². The van der Waals surface area contributed by atoms with E-state index >= 15 is 0 Å². The Bertz CT molecular complexity index is 716. The number of ether oxygens (including phenoxy) is 2. The van der Waals surface area contributed by atoms with Gasteiger partial charge in [-0.1, -0.05) is 19.1 Å². The minimum atomic E-state index is -0.0274. The lowest BCUT2D eigenvalue weighted by Gasteiger charge is -2.39. The first kappa shape index (κ1) is 22.4. The number of para-hydroxylation sites is 2. The van der Waals surface area contributed by atoms with Crippen LogP contribution >= 0.6 is 0 Å². The third-order valence-corrected chi connectivity index (χ3v) is 5.73. The van der Waals surface area contributed by atoms with Crippen molar-refractivity contribution < 1.29 is 19.1 Å². The summed E-state index contributed by atoms with van der Waals surface area (Å²) in [6, 6.07) is 7.72. The molecule has 1 saturated heterocycles. The predicted molar refractivity (Wildman–Crippen MR) is 117 cm³/mol. The number of likely N-dealkylation sites (tertiary alicyclic amines) is 1. The minimum absolute atomic E-state index is 0.00634. The van der Waals surface area contributed by atoms with E-state index in [0.717, 1.165) is 24.3 Å². The highest BCUT2D eigenvalue weighted by atomic mass is 16.5. The fourth-order valence-corrected chi connectivity index (χ4v) is 3.94. The first-order valence-corrected chi connectivity index (χ1v) is 11.2. The van der Waals surface area contributed by atoms with E-state index in [-0.39, 0.29) is 30.1 Å². The zero-order valence-electron chi connectivity index (χ0n) is 18.4. The van der Waals surface area contributed by atoms with Crippen LogP contribution in [-0.2, 0) is 9.53 Å². The van der Waals surface area contributed by atoms with Gasteiger partial charge in [0, 0.05) is 32.2 Å². The smallest absolute Gasteiger partial charge is 0.324 e. The van der Waals surface area contributed by atoms with E-state index in [2.05, 4.69) is 12.2 Å². The van der Waals surface area contributed by atoms with Crippen molar-refractivity contribution in [2.75, 3.05) is 37.7 Å². The second-order valence-corrected chi connectivity index (χ2v) is 8.33. The molecule has 7 nitrogen and oxygen atoms in total. The standard InChI is InChI=1S/C23H35N3O4/c1-4-19-16-26(20-8-5-6-9-21(20)30-19)23(28)25-13-10-18(11-14-25)22(27)24-12-7-15-29-17(2)3/h5-6,8-9,17-19H,4,7,10-16H2,1-3H3,(H,24,27). The van der Waals surface area contributed by atoms with Crippen molar-refractivity contribution >= 4 is 17.6 Å². The fourth-order valence-electron chi connectivity index (χ4n) is 3.94. The lowest BCUT2D eigenvalue weighted by molar-refractivity contribution is -0.126. The fraction of sp³-hybridized carbons (Fsp3) is 0.652. The summed E-state index contributed by atoms with van der Waals surface area (Å²) < 4.78 is 11.5. The van der Waals surface area contributed by atoms with E-state index in [4.69, 9.17) is 9.47 Å². The molecule has 0 aliphatic carbocycles. The number of hydrogen-bond donors (Lipinski definition) is 1. The second kappa shape index (κ2) is 10.7. The van der Waals surface area contributed by atoms with Crippen molar-refractivity contribution in [1.29, 1.82) is 0 Å². The van der Waals surface area contributed by atoms with Crippen LogP contribution in [-0.4, -0.2) is 61.8 Å². The molecule has 1 N–H and O–H groups in total. The lowest BCUT2D eigenvalue weighted by atomic mass is 9.96. The number of amides is 3. The van der Waals surface area contributed by atoms with Crippen LogP contribution in [0.3, 0.4) is 0 Å². The molecule has 166 valence electrons. The van der Waals surface area contributed by atoms with Gasteiger partial charge in [0.15, 0.2) is 0 Å². The number of rotatable bonds is 7. The van der Waals surface area contributed by atoms with Crippen LogP contribution in [0.25, 0.3) is 0 Å². The Morgan fingerprint density at radius 1 is 1.23 bits per heavy atom. The topological polar surface area (TPSA) is 71.1 Å². The third kappa shape index (κ3) is 5.65. The van der Waals surface area contributed by atoms with E-state index in [1.54, 1.807) is 0 Å². The molecule has 0 radical (unpaired) electrons. The Labute approximate surface area is 179 Å². The summed E-state index contributed by atoms with van der Waals surface area (Å²) in [5, 5.41) is 3.01. The van der Waals surface area contributed by atoms with Crippen LogP contribution in [0.15, 0.2) is 24.3 Å². The van der Waals surface area contributed by atoms with Crippen molar-refractivity contribution in [2.45, 2.75) is 58.7 Å². The van der Waals surface area contributed by atoms with E-state index in [9.17, 15) is 9.59 Å². The van der Waals surface area contributed by atoms with Crippen LogP contribution in [0.2, 0.25) is 0 Å². The molecule has 3 amide bonds. The van der Waals surface area contributed by atoms with Gasteiger partial charge in [0.25, 0.3) is 0 Å². The maximum absolute atomic E-state index is 13.2. The number of carbonyl (C=O) groups excluding carboxylic acids is 2. The highest BCUT2D eigenvalue weighted by Gasteiger charge is 2.34. The molecule has 0 spiro atoms. The molecule has 1 unspecified atom stereocenters. The summed E-state index contributed by atoms with van der Waals surface area (Å²) in [5.41, 5.74) is 0.829. The molecule has 0 saturated carbocycles. The maximum Gasteiger partial charge on any atom is 0.324 e. The highest BCUT2D eigenvalue weighted by Crippen LogP contribution is 2.34. The molecule has 2 aliphatic rings. The first-order valence-electron chi connectivity index (χ1n) is 11.2.